The number of anilines is 1. The molecule has 88 valence electrons. The van der Waals surface area contributed by atoms with Crippen LogP contribution in [-0.4, -0.2) is 26.4 Å². The molecule has 1 fully saturated rings. The molecule has 0 radical (unpaired) electrons. The third-order valence-electron chi connectivity index (χ3n) is 2.89. The summed E-state index contributed by atoms with van der Waals surface area (Å²) < 4.78 is 10.7. The van der Waals surface area contributed by atoms with Crippen molar-refractivity contribution in [2.45, 2.75) is 25.4 Å². The summed E-state index contributed by atoms with van der Waals surface area (Å²) in [5.74, 6) is 0.891. The minimum Gasteiger partial charge on any atom is -0.497 e. The van der Waals surface area contributed by atoms with E-state index in [0.29, 0.717) is 6.10 Å². The van der Waals surface area contributed by atoms with Gasteiger partial charge >= 0.3 is 0 Å². The molecule has 3 nitrogen and oxygen atoms in total. The zero-order chi connectivity index (χ0) is 11.2. The molecule has 0 saturated carbocycles. The molecular weight excluding hydrogens is 202 g/mol. The Kier molecular flexibility index (Phi) is 4.05. The van der Waals surface area contributed by atoms with E-state index in [1.165, 1.54) is 12.8 Å². The first kappa shape index (κ1) is 11.3. The highest BCUT2D eigenvalue weighted by Gasteiger charge is 2.14. The Bertz CT molecular complexity index is 321. The predicted molar refractivity (Wildman–Crippen MR) is 65.1 cm³/mol. The van der Waals surface area contributed by atoms with Crippen molar-refractivity contribution in [1.29, 1.82) is 0 Å². The topological polar surface area (TPSA) is 30.5 Å². The first-order valence-electron chi connectivity index (χ1n) is 5.88. The summed E-state index contributed by atoms with van der Waals surface area (Å²) in [7, 11) is 1.69. The van der Waals surface area contributed by atoms with Gasteiger partial charge in [0.25, 0.3) is 0 Å². The molecule has 0 aliphatic carbocycles. The fourth-order valence-electron chi connectivity index (χ4n) is 1.98. The molecule has 1 aliphatic rings. The van der Waals surface area contributed by atoms with Crippen molar-refractivity contribution in [2.75, 3.05) is 25.6 Å². The maximum atomic E-state index is 5.57. The number of benzene rings is 1. The van der Waals surface area contributed by atoms with Crippen LogP contribution in [0.25, 0.3) is 0 Å². The zero-order valence-electron chi connectivity index (χ0n) is 9.74. The van der Waals surface area contributed by atoms with Gasteiger partial charge in [-0.2, -0.15) is 0 Å². The van der Waals surface area contributed by atoms with Gasteiger partial charge in [-0.25, -0.2) is 0 Å². The second-order valence-electron chi connectivity index (χ2n) is 4.08. The summed E-state index contributed by atoms with van der Waals surface area (Å²) in [6, 6.07) is 8.01. The summed E-state index contributed by atoms with van der Waals surface area (Å²) in [4.78, 5) is 0. The molecule has 16 heavy (non-hydrogen) atoms. The maximum Gasteiger partial charge on any atom is 0.120 e. The number of methoxy groups -OCH3 is 1. The highest BCUT2D eigenvalue weighted by atomic mass is 16.5. The molecule has 1 heterocycles. The predicted octanol–water partition coefficient (Wildman–Crippen LogP) is 2.68. The lowest BCUT2D eigenvalue weighted by molar-refractivity contribution is 0.107. The summed E-state index contributed by atoms with van der Waals surface area (Å²) in [5.41, 5.74) is 1.11. The van der Waals surface area contributed by atoms with E-state index in [-0.39, 0.29) is 0 Å². The largest absolute Gasteiger partial charge is 0.497 e. The van der Waals surface area contributed by atoms with E-state index in [0.717, 1.165) is 31.0 Å². The van der Waals surface area contributed by atoms with E-state index in [1.807, 2.05) is 18.2 Å². The van der Waals surface area contributed by atoms with Crippen LogP contribution in [0.2, 0.25) is 0 Å². The van der Waals surface area contributed by atoms with Crippen LogP contribution in [0.3, 0.4) is 0 Å². The monoisotopic (exact) mass is 221 g/mol. The SMILES string of the molecule is COc1cccc(NCCC2CCCO2)c1. The number of hydrogen-bond donors (Lipinski definition) is 1. The molecule has 0 aromatic heterocycles. The number of ether oxygens (including phenoxy) is 2. The van der Waals surface area contributed by atoms with Crippen LogP contribution >= 0.6 is 0 Å². The van der Waals surface area contributed by atoms with Crippen LogP contribution in [0.5, 0.6) is 5.75 Å². The Morgan fingerprint density at radius 2 is 2.44 bits per heavy atom. The maximum absolute atomic E-state index is 5.57. The van der Waals surface area contributed by atoms with Gasteiger partial charge in [0.2, 0.25) is 0 Å². The van der Waals surface area contributed by atoms with Gasteiger partial charge in [0.15, 0.2) is 0 Å². The lowest BCUT2D eigenvalue weighted by Gasteiger charge is -2.11. The molecule has 1 unspecified atom stereocenters. The Hall–Kier alpha value is -1.22. The average Bonchev–Trinajstić information content (AvgIpc) is 2.82. The Morgan fingerprint density at radius 1 is 1.50 bits per heavy atom. The van der Waals surface area contributed by atoms with Gasteiger partial charge in [-0.1, -0.05) is 6.07 Å². The summed E-state index contributed by atoms with van der Waals surface area (Å²) in [6.45, 7) is 1.89. The number of rotatable bonds is 5. The standard InChI is InChI=1S/C13H19NO2/c1-15-13-5-2-4-11(10-13)14-8-7-12-6-3-9-16-12/h2,4-5,10,12,14H,3,6-9H2,1H3. The van der Waals surface area contributed by atoms with Crippen molar-refractivity contribution >= 4 is 5.69 Å². The van der Waals surface area contributed by atoms with Crippen LogP contribution in [0.15, 0.2) is 24.3 Å². The molecule has 1 aromatic rings. The first-order valence-corrected chi connectivity index (χ1v) is 5.88. The van der Waals surface area contributed by atoms with Crippen LogP contribution in [-0.2, 0) is 4.74 Å². The van der Waals surface area contributed by atoms with Crippen molar-refractivity contribution < 1.29 is 9.47 Å². The highest BCUT2D eigenvalue weighted by Crippen LogP contribution is 2.18. The molecule has 1 saturated heterocycles. The third kappa shape index (κ3) is 3.14. The molecule has 2 rings (SSSR count). The molecule has 3 heteroatoms. The van der Waals surface area contributed by atoms with Crippen molar-refractivity contribution in [3.8, 4) is 5.75 Å². The van der Waals surface area contributed by atoms with E-state index < -0.39 is 0 Å². The number of nitrogens with one attached hydrogen (secondary N) is 1. The molecule has 1 aliphatic heterocycles. The Balaban J connectivity index is 1.75. The quantitative estimate of drug-likeness (QED) is 0.829. The minimum absolute atomic E-state index is 0.457. The van der Waals surface area contributed by atoms with E-state index >= 15 is 0 Å². The van der Waals surface area contributed by atoms with Crippen molar-refractivity contribution in [2.24, 2.45) is 0 Å². The second kappa shape index (κ2) is 5.75. The van der Waals surface area contributed by atoms with Gasteiger partial charge in [0.05, 0.1) is 13.2 Å². The van der Waals surface area contributed by atoms with Crippen LogP contribution in [0.1, 0.15) is 19.3 Å². The van der Waals surface area contributed by atoms with Gasteiger partial charge in [0, 0.05) is 24.9 Å². The molecule has 0 bridgehead atoms. The summed E-state index contributed by atoms with van der Waals surface area (Å²) >= 11 is 0. The van der Waals surface area contributed by atoms with E-state index in [2.05, 4.69) is 11.4 Å². The van der Waals surface area contributed by atoms with E-state index in [1.54, 1.807) is 7.11 Å². The van der Waals surface area contributed by atoms with Crippen molar-refractivity contribution in [3.05, 3.63) is 24.3 Å². The minimum atomic E-state index is 0.457. The van der Waals surface area contributed by atoms with Gasteiger partial charge in [0.1, 0.15) is 5.75 Å². The molecule has 0 spiro atoms. The lowest BCUT2D eigenvalue weighted by atomic mass is 10.2. The molecule has 1 aromatic carbocycles. The molecule has 1 atom stereocenters. The van der Waals surface area contributed by atoms with E-state index in [9.17, 15) is 0 Å². The van der Waals surface area contributed by atoms with Crippen LogP contribution in [0, 0.1) is 0 Å². The van der Waals surface area contributed by atoms with E-state index in [4.69, 9.17) is 9.47 Å². The summed E-state index contributed by atoms with van der Waals surface area (Å²) in [5, 5.41) is 3.39. The van der Waals surface area contributed by atoms with Crippen LogP contribution in [0.4, 0.5) is 5.69 Å². The third-order valence-corrected chi connectivity index (χ3v) is 2.89. The second-order valence-corrected chi connectivity index (χ2v) is 4.08. The summed E-state index contributed by atoms with van der Waals surface area (Å²) in [6.07, 6.45) is 3.96. The fourth-order valence-corrected chi connectivity index (χ4v) is 1.98. The highest BCUT2D eigenvalue weighted by molar-refractivity contribution is 5.47. The van der Waals surface area contributed by atoms with Crippen molar-refractivity contribution in [3.63, 3.8) is 0 Å². The van der Waals surface area contributed by atoms with Gasteiger partial charge in [-0.15, -0.1) is 0 Å². The van der Waals surface area contributed by atoms with Crippen molar-refractivity contribution in [1.82, 2.24) is 0 Å². The zero-order valence-corrected chi connectivity index (χ0v) is 9.74. The average molecular weight is 221 g/mol. The normalized spacial score (nSPS) is 19.7. The van der Waals surface area contributed by atoms with Gasteiger partial charge in [-0.3, -0.25) is 0 Å². The smallest absolute Gasteiger partial charge is 0.120 e. The number of hydrogen-bond acceptors (Lipinski definition) is 3. The van der Waals surface area contributed by atoms with Gasteiger partial charge in [-0.05, 0) is 31.4 Å². The molecule has 0 amide bonds. The molecular formula is C13H19NO2. The van der Waals surface area contributed by atoms with Gasteiger partial charge < -0.3 is 14.8 Å². The molecule has 1 N–H and O–H groups in total. The Morgan fingerprint density at radius 3 is 3.19 bits per heavy atom. The first-order chi connectivity index (χ1) is 7.88. The Labute approximate surface area is 96.8 Å². The fraction of sp³-hybridized carbons (Fsp3) is 0.538. The van der Waals surface area contributed by atoms with Crippen LogP contribution < -0.4 is 10.1 Å². The lowest BCUT2D eigenvalue weighted by Crippen LogP contribution is -2.12.